The summed E-state index contributed by atoms with van der Waals surface area (Å²) in [5.41, 5.74) is 8.86. The third-order valence-electron chi connectivity index (χ3n) is 3.48. The minimum Gasteiger partial charge on any atom is -0.324 e. The van der Waals surface area contributed by atoms with Gasteiger partial charge in [0.25, 0.3) is 0 Å². The maximum Gasteiger partial charge on any atom is 0.245 e. The molecule has 21 heavy (non-hydrogen) atoms. The molecule has 3 heteroatoms. The van der Waals surface area contributed by atoms with Gasteiger partial charge in [-0.25, -0.2) is 0 Å². The van der Waals surface area contributed by atoms with Gasteiger partial charge in [-0.15, -0.1) is 0 Å². The van der Waals surface area contributed by atoms with Crippen LogP contribution < -0.4 is 11.1 Å². The van der Waals surface area contributed by atoms with Gasteiger partial charge in [0.1, 0.15) is 6.04 Å². The average Bonchev–Trinajstić information content (AvgIpc) is 2.54. The molecular weight excluding hydrogens is 260 g/mol. The number of amides is 1. The maximum atomic E-state index is 12.1. The second-order valence-corrected chi connectivity index (χ2v) is 5.18. The Hall–Kier alpha value is -2.13. The van der Waals surface area contributed by atoms with Gasteiger partial charge in [0.2, 0.25) is 5.91 Å². The Kier molecular flexibility index (Phi) is 5.52. The van der Waals surface area contributed by atoms with Crippen LogP contribution in [0.2, 0.25) is 0 Å². The Balaban J connectivity index is 1.96. The third-order valence-corrected chi connectivity index (χ3v) is 3.48. The highest BCUT2D eigenvalue weighted by molar-refractivity contribution is 5.95. The number of nitrogens with two attached hydrogens (primary N) is 1. The van der Waals surface area contributed by atoms with Crippen LogP contribution in [0.15, 0.2) is 54.6 Å². The summed E-state index contributed by atoms with van der Waals surface area (Å²) in [6.45, 7) is 2.18. The van der Waals surface area contributed by atoms with Crippen molar-refractivity contribution in [1.82, 2.24) is 0 Å². The van der Waals surface area contributed by atoms with Gasteiger partial charge >= 0.3 is 0 Å². The molecule has 0 saturated carbocycles. The lowest BCUT2D eigenvalue weighted by Gasteiger charge is -2.13. The van der Waals surface area contributed by atoms with Crippen molar-refractivity contribution >= 4 is 11.6 Å². The first-order valence-electron chi connectivity index (χ1n) is 7.41. The van der Waals surface area contributed by atoms with Crippen LogP contribution in [0.25, 0.3) is 0 Å². The van der Waals surface area contributed by atoms with Crippen molar-refractivity contribution in [2.24, 2.45) is 5.73 Å². The molecule has 0 heterocycles. The van der Waals surface area contributed by atoms with Crippen LogP contribution in [0.5, 0.6) is 0 Å². The lowest BCUT2D eigenvalue weighted by Crippen LogP contribution is -2.27. The second-order valence-electron chi connectivity index (χ2n) is 5.18. The van der Waals surface area contributed by atoms with E-state index in [1.165, 1.54) is 18.4 Å². The van der Waals surface area contributed by atoms with Crippen molar-refractivity contribution in [3.05, 3.63) is 65.7 Å². The zero-order chi connectivity index (χ0) is 15.1. The van der Waals surface area contributed by atoms with Crippen LogP contribution in [0, 0.1) is 0 Å². The molecular formula is C18H22N2O. The number of anilines is 1. The molecule has 0 unspecified atom stereocenters. The molecule has 0 saturated heterocycles. The molecule has 2 aromatic rings. The van der Waals surface area contributed by atoms with E-state index < -0.39 is 6.04 Å². The molecule has 3 N–H and O–H groups in total. The molecule has 0 bridgehead atoms. The molecule has 0 aromatic heterocycles. The molecule has 3 nitrogen and oxygen atoms in total. The van der Waals surface area contributed by atoms with Crippen molar-refractivity contribution < 1.29 is 4.79 Å². The summed E-state index contributed by atoms with van der Waals surface area (Å²) in [4.78, 5) is 12.1. The number of benzene rings is 2. The standard InChI is InChI=1S/C18H22N2O/c1-2-3-7-14-10-12-16(13-11-14)20-18(21)17(19)15-8-5-4-6-9-15/h4-6,8-13,17H,2-3,7,19H2,1H3,(H,20,21)/t17-/m0/s1. The van der Waals surface area contributed by atoms with Crippen molar-refractivity contribution in [3.8, 4) is 0 Å². The van der Waals surface area contributed by atoms with Gasteiger partial charge in [0.15, 0.2) is 0 Å². The number of hydrogen-bond acceptors (Lipinski definition) is 2. The fraction of sp³-hybridized carbons (Fsp3) is 0.278. The van der Waals surface area contributed by atoms with Crippen LogP contribution in [0.3, 0.4) is 0 Å². The van der Waals surface area contributed by atoms with Crippen LogP contribution in [-0.4, -0.2) is 5.91 Å². The summed E-state index contributed by atoms with van der Waals surface area (Å²) in [5, 5.41) is 2.86. The van der Waals surface area contributed by atoms with Crippen molar-refractivity contribution in [3.63, 3.8) is 0 Å². The zero-order valence-electron chi connectivity index (χ0n) is 12.4. The van der Waals surface area contributed by atoms with E-state index in [0.717, 1.165) is 17.7 Å². The van der Waals surface area contributed by atoms with E-state index in [9.17, 15) is 4.79 Å². The Morgan fingerprint density at radius 2 is 1.76 bits per heavy atom. The van der Waals surface area contributed by atoms with Crippen molar-refractivity contribution in [2.45, 2.75) is 32.2 Å². The summed E-state index contributed by atoms with van der Waals surface area (Å²) in [6, 6.07) is 16.7. The quantitative estimate of drug-likeness (QED) is 0.849. The maximum absolute atomic E-state index is 12.1. The van der Waals surface area contributed by atoms with E-state index in [1.807, 2.05) is 42.5 Å². The minimum atomic E-state index is -0.647. The molecule has 110 valence electrons. The molecule has 0 aliphatic heterocycles. The lowest BCUT2D eigenvalue weighted by molar-refractivity contribution is -0.117. The van der Waals surface area contributed by atoms with Crippen molar-refractivity contribution in [1.29, 1.82) is 0 Å². The monoisotopic (exact) mass is 282 g/mol. The highest BCUT2D eigenvalue weighted by Gasteiger charge is 2.15. The van der Waals surface area contributed by atoms with Gasteiger partial charge in [-0.2, -0.15) is 0 Å². The van der Waals surface area contributed by atoms with E-state index in [4.69, 9.17) is 5.73 Å². The van der Waals surface area contributed by atoms with Crippen LogP contribution in [0.1, 0.15) is 36.9 Å². The predicted molar refractivity (Wildman–Crippen MR) is 87.1 cm³/mol. The normalized spacial score (nSPS) is 11.9. The lowest BCUT2D eigenvalue weighted by atomic mass is 10.1. The largest absolute Gasteiger partial charge is 0.324 e. The molecule has 0 radical (unpaired) electrons. The zero-order valence-corrected chi connectivity index (χ0v) is 12.4. The first-order valence-corrected chi connectivity index (χ1v) is 7.41. The summed E-state index contributed by atoms with van der Waals surface area (Å²) < 4.78 is 0. The van der Waals surface area contributed by atoms with Gasteiger partial charge in [-0.05, 0) is 36.1 Å². The van der Waals surface area contributed by atoms with E-state index in [2.05, 4.69) is 24.4 Å². The second kappa shape index (κ2) is 7.60. The Morgan fingerprint density at radius 1 is 1.10 bits per heavy atom. The Morgan fingerprint density at radius 3 is 2.38 bits per heavy atom. The molecule has 1 atom stereocenters. The number of nitrogens with one attached hydrogen (secondary N) is 1. The SMILES string of the molecule is CCCCc1ccc(NC(=O)[C@@H](N)c2ccccc2)cc1. The van der Waals surface area contributed by atoms with E-state index in [-0.39, 0.29) is 5.91 Å². The Bertz CT molecular complexity index is 564. The summed E-state index contributed by atoms with van der Waals surface area (Å²) in [6.07, 6.45) is 3.45. The number of carbonyl (C=O) groups excluding carboxylic acids is 1. The smallest absolute Gasteiger partial charge is 0.245 e. The fourth-order valence-corrected chi connectivity index (χ4v) is 2.17. The molecule has 0 fully saturated rings. The Labute approximate surface area is 126 Å². The van der Waals surface area contributed by atoms with Gasteiger partial charge in [-0.1, -0.05) is 55.8 Å². The number of unbranched alkanes of at least 4 members (excludes halogenated alkanes) is 1. The summed E-state index contributed by atoms with van der Waals surface area (Å²) in [5.74, 6) is -0.192. The minimum absolute atomic E-state index is 0.192. The van der Waals surface area contributed by atoms with Crippen molar-refractivity contribution in [2.75, 3.05) is 5.32 Å². The molecule has 1 amide bonds. The van der Waals surface area contributed by atoms with Crippen LogP contribution in [0.4, 0.5) is 5.69 Å². The third kappa shape index (κ3) is 4.43. The molecule has 0 aliphatic carbocycles. The van der Waals surface area contributed by atoms with E-state index >= 15 is 0 Å². The average molecular weight is 282 g/mol. The number of rotatable bonds is 6. The number of carbonyl (C=O) groups is 1. The molecule has 2 rings (SSSR count). The topological polar surface area (TPSA) is 55.1 Å². The molecule has 0 aliphatic rings. The van der Waals surface area contributed by atoms with E-state index in [0.29, 0.717) is 0 Å². The molecule has 0 spiro atoms. The highest BCUT2D eigenvalue weighted by Crippen LogP contribution is 2.15. The van der Waals surface area contributed by atoms with Gasteiger partial charge in [0, 0.05) is 5.69 Å². The highest BCUT2D eigenvalue weighted by atomic mass is 16.2. The van der Waals surface area contributed by atoms with Crippen LogP contribution >= 0.6 is 0 Å². The van der Waals surface area contributed by atoms with E-state index in [1.54, 1.807) is 0 Å². The predicted octanol–water partition coefficient (Wildman–Crippen LogP) is 3.67. The number of hydrogen-bond donors (Lipinski definition) is 2. The van der Waals surface area contributed by atoms with Gasteiger partial charge in [0.05, 0.1) is 0 Å². The van der Waals surface area contributed by atoms with Gasteiger partial charge < -0.3 is 11.1 Å². The van der Waals surface area contributed by atoms with Crippen LogP contribution in [-0.2, 0) is 11.2 Å². The molecule has 2 aromatic carbocycles. The summed E-state index contributed by atoms with van der Waals surface area (Å²) in [7, 11) is 0. The first-order chi connectivity index (χ1) is 10.2. The first kappa shape index (κ1) is 15.3. The van der Waals surface area contributed by atoms with Gasteiger partial charge in [-0.3, -0.25) is 4.79 Å². The number of aryl methyl sites for hydroxylation is 1. The summed E-state index contributed by atoms with van der Waals surface area (Å²) >= 11 is 0. The fourth-order valence-electron chi connectivity index (χ4n) is 2.17.